The van der Waals surface area contributed by atoms with Crippen molar-refractivity contribution in [2.24, 2.45) is 17.8 Å². The lowest BCUT2D eigenvalue weighted by molar-refractivity contribution is 0.129. The molecule has 2 fully saturated rings. The third-order valence-electron chi connectivity index (χ3n) is 5.57. The Labute approximate surface area is 140 Å². The van der Waals surface area contributed by atoms with Crippen molar-refractivity contribution in [3.05, 3.63) is 34.1 Å². The summed E-state index contributed by atoms with van der Waals surface area (Å²) in [6.45, 7) is 1.81. The molecule has 0 nitrogen and oxygen atoms in total. The van der Waals surface area contributed by atoms with Crippen molar-refractivity contribution < 1.29 is 4.39 Å². The van der Waals surface area contributed by atoms with E-state index in [-0.39, 0.29) is 10.6 Å². The second-order valence-electron chi connectivity index (χ2n) is 6.90. The monoisotopic (exact) mass is 372 g/mol. The van der Waals surface area contributed by atoms with Gasteiger partial charge in [0.2, 0.25) is 0 Å². The molecule has 0 spiro atoms. The van der Waals surface area contributed by atoms with Gasteiger partial charge in [-0.1, -0.05) is 59.3 Å². The molecule has 0 aliphatic heterocycles. The van der Waals surface area contributed by atoms with Crippen LogP contribution in [-0.4, -0.2) is 0 Å². The average molecular weight is 374 g/mol. The van der Waals surface area contributed by atoms with Crippen LogP contribution >= 0.6 is 27.5 Å². The second-order valence-corrected chi connectivity index (χ2v) is 8.30. The van der Waals surface area contributed by atoms with Crippen LogP contribution in [0.4, 0.5) is 4.39 Å². The summed E-state index contributed by atoms with van der Waals surface area (Å²) in [7, 11) is 0. The topological polar surface area (TPSA) is 0 Å². The van der Waals surface area contributed by atoms with E-state index in [0.29, 0.717) is 16.5 Å². The standard InChI is InChI=1S/C18H23BrClF/c1-11-8-15(16(20)10-17(11)21)18(19)14-7-6-12-4-2-3-5-13(12)9-14/h8,10,12-14,18H,2-7,9H2,1H3. The van der Waals surface area contributed by atoms with E-state index >= 15 is 0 Å². The number of hydrogen-bond donors (Lipinski definition) is 0. The molecule has 3 rings (SSSR count). The minimum Gasteiger partial charge on any atom is -0.207 e. The minimum atomic E-state index is -0.209. The fourth-order valence-electron chi connectivity index (χ4n) is 4.32. The molecular formula is C18H23BrClF. The summed E-state index contributed by atoms with van der Waals surface area (Å²) < 4.78 is 13.6. The first-order chi connectivity index (χ1) is 10.1. The fraction of sp³-hybridized carbons (Fsp3) is 0.667. The van der Waals surface area contributed by atoms with E-state index in [9.17, 15) is 4.39 Å². The predicted molar refractivity (Wildman–Crippen MR) is 90.6 cm³/mol. The Hall–Kier alpha value is -0.0800. The number of halogens is 3. The SMILES string of the molecule is Cc1cc(C(Br)C2CCC3CCCCC3C2)c(Cl)cc1F. The molecule has 2 aliphatic carbocycles. The van der Waals surface area contributed by atoms with Crippen LogP contribution in [0.25, 0.3) is 0 Å². The quantitative estimate of drug-likeness (QED) is 0.498. The highest BCUT2D eigenvalue weighted by Crippen LogP contribution is 2.49. The molecule has 3 heteroatoms. The van der Waals surface area contributed by atoms with Gasteiger partial charge in [0.25, 0.3) is 0 Å². The number of benzene rings is 1. The minimum absolute atomic E-state index is 0.209. The van der Waals surface area contributed by atoms with E-state index in [1.165, 1.54) is 51.0 Å². The second kappa shape index (κ2) is 6.58. The number of aryl methyl sites for hydroxylation is 1. The van der Waals surface area contributed by atoms with Crippen molar-refractivity contribution in [1.29, 1.82) is 0 Å². The van der Waals surface area contributed by atoms with Gasteiger partial charge in [0.1, 0.15) is 5.82 Å². The van der Waals surface area contributed by atoms with Gasteiger partial charge in [-0.15, -0.1) is 0 Å². The molecule has 4 unspecified atom stereocenters. The zero-order chi connectivity index (χ0) is 15.0. The highest BCUT2D eigenvalue weighted by Gasteiger charge is 2.35. The maximum Gasteiger partial charge on any atom is 0.127 e. The zero-order valence-electron chi connectivity index (χ0n) is 12.5. The van der Waals surface area contributed by atoms with E-state index in [1.807, 2.05) is 13.0 Å². The molecule has 2 saturated carbocycles. The summed E-state index contributed by atoms with van der Waals surface area (Å²) in [5.74, 6) is 2.28. The van der Waals surface area contributed by atoms with Gasteiger partial charge in [-0.3, -0.25) is 0 Å². The highest BCUT2D eigenvalue weighted by atomic mass is 79.9. The van der Waals surface area contributed by atoms with Crippen LogP contribution in [-0.2, 0) is 0 Å². The van der Waals surface area contributed by atoms with Crippen LogP contribution in [0.15, 0.2) is 12.1 Å². The number of fused-ring (bicyclic) bond motifs is 1. The first-order valence-electron chi connectivity index (χ1n) is 8.16. The molecule has 1 aromatic carbocycles. The molecule has 1 aromatic rings. The van der Waals surface area contributed by atoms with Crippen molar-refractivity contribution in [1.82, 2.24) is 0 Å². The highest BCUT2D eigenvalue weighted by molar-refractivity contribution is 9.09. The smallest absolute Gasteiger partial charge is 0.127 e. The molecule has 21 heavy (non-hydrogen) atoms. The van der Waals surface area contributed by atoms with Gasteiger partial charge in [-0.05, 0) is 61.1 Å². The summed E-state index contributed by atoms with van der Waals surface area (Å²) in [5, 5.41) is 0.561. The first-order valence-corrected chi connectivity index (χ1v) is 9.45. The van der Waals surface area contributed by atoms with Crippen LogP contribution < -0.4 is 0 Å². The Kier molecular flexibility index (Phi) is 4.95. The van der Waals surface area contributed by atoms with Crippen molar-refractivity contribution >= 4 is 27.5 Å². The van der Waals surface area contributed by atoms with Crippen LogP contribution in [0.3, 0.4) is 0 Å². The van der Waals surface area contributed by atoms with E-state index in [0.717, 1.165) is 17.4 Å². The predicted octanol–water partition coefficient (Wildman–Crippen LogP) is 6.83. The lowest BCUT2D eigenvalue weighted by Crippen LogP contribution is -2.29. The third-order valence-corrected chi connectivity index (χ3v) is 7.14. The van der Waals surface area contributed by atoms with Crippen molar-refractivity contribution in [3.8, 4) is 0 Å². The molecule has 0 radical (unpaired) electrons. The van der Waals surface area contributed by atoms with Gasteiger partial charge < -0.3 is 0 Å². The Morgan fingerprint density at radius 3 is 2.62 bits per heavy atom. The molecule has 0 saturated heterocycles. The Bertz CT molecular complexity index is 516. The van der Waals surface area contributed by atoms with Gasteiger partial charge in [0.15, 0.2) is 0 Å². The molecule has 2 aliphatic rings. The van der Waals surface area contributed by atoms with Gasteiger partial charge in [0.05, 0.1) is 0 Å². The van der Waals surface area contributed by atoms with Gasteiger partial charge in [0, 0.05) is 9.85 Å². The molecule has 4 atom stereocenters. The van der Waals surface area contributed by atoms with E-state index in [1.54, 1.807) is 0 Å². The molecule has 0 amide bonds. The number of rotatable bonds is 2. The van der Waals surface area contributed by atoms with Gasteiger partial charge in [-0.2, -0.15) is 0 Å². The van der Waals surface area contributed by atoms with E-state index < -0.39 is 0 Å². The molecular weight excluding hydrogens is 351 g/mol. The molecule has 0 aromatic heterocycles. The van der Waals surface area contributed by atoms with E-state index in [2.05, 4.69) is 15.9 Å². The molecule has 0 bridgehead atoms. The maximum absolute atomic E-state index is 13.6. The fourth-order valence-corrected chi connectivity index (χ4v) is 5.58. The summed E-state index contributed by atoms with van der Waals surface area (Å²) in [6.07, 6.45) is 9.58. The number of alkyl halides is 1. The van der Waals surface area contributed by atoms with Crippen LogP contribution in [0, 0.1) is 30.5 Å². The lowest BCUT2D eigenvalue weighted by atomic mass is 9.66. The molecule has 0 N–H and O–H groups in total. The summed E-state index contributed by atoms with van der Waals surface area (Å²) >= 11 is 10.1. The largest absolute Gasteiger partial charge is 0.207 e. The van der Waals surface area contributed by atoms with E-state index in [4.69, 9.17) is 11.6 Å². The van der Waals surface area contributed by atoms with Crippen LogP contribution in [0.1, 0.15) is 60.9 Å². The third kappa shape index (κ3) is 3.32. The Morgan fingerprint density at radius 1 is 1.14 bits per heavy atom. The lowest BCUT2D eigenvalue weighted by Gasteiger charge is -2.41. The first kappa shape index (κ1) is 15.8. The molecule has 116 valence electrons. The van der Waals surface area contributed by atoms with Crippen molar-refractivity contribution in [3.63, 3.8) is 0 Å². The van der Waals surface area contributed by atoms with Gasteiger partial charge >= 0.3 is 0 Å². The summed E-state index contributed by atoms with van der Waals surface area (Å²) in [5.41, 5.74) is 1.75. The maximum atomic E-state index is 13.6. The number of hydrogen-bond acceptors (Lipinski definition) is 0. The Balaban J connectivity index is 1.76. The molecule has 0 heterocycles. The van der Waals surface area contributed by atoms with Crippen molar-refractivity contribution in [2.45, 2.75) is 56.7 Å². The summed E-state index contributed by atoms with van der Waals surface area (Å²) in [4.78, 5) is 0.257. The van der Waals surface area contributed by atoms with Crippen LogP contribution in [0.2, 0.25) is 5.02 Å². The summed E-state index contributed by atoms with van der Waals surface area (Å²) in [6, 6.07) is 3.39. The van der Waals surface area contributed by atoms with Crippen molar-refractivity contribution in [2.75, 3.05) is 0 Å². The average Bonchev–Trinajstić information content (AvgIpc) is 2.50. The zero-order valence-corrected chi connectivity index (χ0v) is 14.9. The van der Waals surface area contributed by atoms with Crippen LogP contribution in [0.5, 0.6) is 0 Å². The normalized spacial score (nSPS) is 30.8. The van der Waals surface area contributed by atoms with Gasteiger partial charge in [-0.25, -0.2) is 4.39 Å². The Morgan fingerprint density at radius 2 is 1.86 bits per heavy atom.